The Morgan fingerprint density at radius 3 is 1.71 bits per heavy atom. The molecule has 1 aromatic rings. The first kappa shape index (κ1) is 24.3. The van der Waals surface area contributed by atoms with Crippen molar-refractivity contribution in [2.45, 2.75) is 58.3 Å². The minimum absolute atomic E-state index is 0.144. The van der Waals surface area contributed by atoms with Crippen LogP contribution in [0.2, 0.25) is 0 Å². The molecule has 0 aliphatic heterocycles. The number of anilines is 1. The number of benzene rings is 1. The zero-order chi connectivity index (χ0) is 19.0. The normalized spacial score (nSPS) is 12.5. The van der Waals surface area contributed by atoms with Gasteiger partial charge < -0.3 is 4.90 Å². The van der Waals surface area contributed by atoms with E-state index < -0.39 is 0 Å². The molecule has 0 aromatic heterocycles. The van der Waals surface area contributed by atoms with E-state index in [9.17, 15) is 0 Å². The fourth-order valence-corrected chi connectivity index (χ4v) is 5.90. The summed E-state index contributed by atoms with van der Waals surface area (Å²) in [6.07, 6.45) is 3.39. The van der Waals surface area contributed by atoms with Crippen molar-refractivity contribution in [3.63, 3.8) is 0 Å². The topological polar surface area (TPSA) is 3.24 Å². The molecule has 1 rings (SSSR count). The van der Waals surface area contributed by atoms with Gasteiger partial charge in [0.05, 0.1) is 0 Å². The Morgan fingerprint density at radius 2 is 1.38 bits per heavy atom. The predicted octanol–water partition coefficient (Wildman–Crippen LogP) is 7.26. The molecule has 0 heterocycles. The zero-order valence-corrected chi connectivity index (χ0v) is 19.5. The van der Waals surface area contributed by atoms with Gasteiger partial charge in [-0.25, -0.2) is 0 Å². The molecule has 0 saturated heterocycles. The molecule has 0 amide bonds. The van der Waals surface area contributed by atoms with Gasteiger partial charge in [0, 0.05) is 19.8 Å². The number of allylic oxidation sites excluding steroid dienone is 1. The summed E-state index contributed by atoms with van der Waals surface area (Å²) in [6, 6.07) is 8.85. The van der Waals surface area contributed by atoms with Crippen LogP contribution in [0, 0.1) is 0 Å². The molecule has 5 heteroatoms. The van der Waals surface area contributed by atoms with E-state index in [1.54, 1.807) is 0 Å². The molecule has 0 radical (unpaired) electrons. The van der Waals surface area contributed by atoms with E-state index in [0.29, 0.717) is 23.0 Å². The van der Waals surface area contributed by atoms with E-state index in [4.69, 9.17) is 20.4 Å². The fraction of sp³-hybridized carbons (Fsp3) is 0.579. The summed E-state index contributed by atoms with van der Waals surface area (Å²) in [4.78, 5) is 2.14. The van der Waals surface area contributed by atoms with E-state index >= 15 is 0 Å². The molecular formula is C19H32Cl2NNiP. The zero-order valence-electron chi connectivity index (χ0n) is 16.1. The van der Waals surface area contributed by atoms with Crippen molar-refractivity contribution < 1.29 is 12.7 Å². The Hall–Kier alpha value is 0.264. The first-order chi connectivity index (χ1) is 10.9. The van der Waals surface area contributed by atoms with Crippen LogP contribution in [0.15, 0.2) is 36.2 Å². The van der Waals surface area contributed by atoms with Crippen molar-refractivity contribution in [2.75, 3.05) is 19.0 Å². The van der Waals surface area contributed by atoms with Gasteiger partial charge in [0.25, 0.3) is 0 Å². The Morgan fingerprint density at radius 1 is 0.958 bits per heavy atom. The molecule has 0 N–H and O–H groups in total. The van der Waals surface area contributed by atoms with Gasteiger partial charge in [-0.3, -0.25) is 0 Å². The third-order valence-electron chi connectivity index (χ3n) is 3.51. The van der Waals surface area contributed by atoms with Crippen LogP contribution in [-0.2, 0) is 19.1 Å². The van der Waals surface area contributed by atoms with Crippen molar-refractivity contribution in [3.05, 3.63) is 41.7 Å². The third kappa shape index (κ3) is 9.67. The van der Waals surface area contributed by atoms with Crippen molar-refractivity contribution in [3.8, 4) is 0 Å². The average molecular weight is 435 g/mol. The Balaban J connectivity index is 0.00000163. The molecule has 0 atom stereocenters. The molecule has 1 aromatic carbocycles. The molecule has 0 bridgehead atoms. The number of nitrogens with zero attached hydrogens (tertiary/aromatic N) is 1. The first-order valence-electron chi connectivity index (χ1n) is 7.98. The van der Waals surface area contributed by atoms with Gasteiger partial charge in [-0.05, 0) is 34.4 Å². The number of rotatable bonds is 4. The van der Waals surface area contributed by atoms with Gasteiger partial charge in [-0.1, -0.05) is 73.5 Å². The van der Waals surface area contributed by atoms with E-state index in [-0.39, 0.29) is 7.92 Å². The van der Waals surface area contributed by atoms with Gasteiger partial charge in [-0.15, -0.1) is 0 Å². The van der Waals surface area contributed by atoms with Crippen LogP contribution in [0.25, 0.3) is 0 Å². The van der Waals surface area contributed by atoms with Crippen molar-refractivity contribution >= 4 is 34.0 Å². The number of hydrogen-bond donors (Lipinski definition) is 0. The second kappa shape index (κ2) is 11.1. The SMILES string of the molecule is CN(C)c1ccc(CC=CP(C(C)(C)C)C(C)(C)C)cc1.[Cl][Ni][Cl]. The maximum absolute atomic E-state index is 4.70. The summed E-state index contributed by atoms with van der Waals surface area (Å²) in [5.41, 5.74) is 2.64. The van der Waals surface area contributed by atoms with Crippen LogP contribution in [-0.4, -0.2) is 24.4 Å². The summed E-state index contributed by atoms with van der Waals surface area (Å²) in [5, 5.41) is 0.720. The van der Waals surface area contributed by atoms with Gasteiger partial charge in [0.2, 0.25) is 0 Å². The van der Waals surface area contributed by atoms with Gasteiger partial charge in [0.15, 0.2) is 0 Å². The van der Waals surface area contributed by atoms with Crippen molar-refractivity contribution in [1.29, 1.82) is 0 Å². The minimum atomic E-state index is -0.144. The van der Waals surface area contributed by atoms with Gasteiger partial charge in [0.1, 0.15) is 0 Å². The Kier molecular flexibility index (Phi) is 11.2. The van der Waals surface area contributed by atoms with Crippen LogP contribution in [0.4, 0.5) is 5.69 Å². The van der Waals surface area contributed by atoms with E-state index in [0.717, 1.165) is 6.42 Å². The van der Waals surface area contributed by atoms with Crippen molar-refractivity contribution in [2.24, 2.45) is 0 Å². The molecular weight excluding hydrogens is 403 g/mol. The van der Waals surface area contributed by atoms with Crippen LogP contribution >= 0.6 is 28.3 Å². The van der Waals surface area contributed by atoms with E-state index in [2.05, 4.69) is 96.7 Å². The second-order valence-electron chi connectivity index (χ2n) is 7.91. The summed E-state index contributed by atoms with van der Waals surface area (Å²) >= 11 is 0.569. The molecule has 142 valence electrons. The Labute approximate surface area is 165 Å². The maximum atomic E-state index is 4.70. The van der Waals surface area contributed by atoms with Crippen molar-refractivity contribution in [1.82, 2.24) is 0 Å². The Bertz CT molecular complexity index is 474. The first-order valence-corrected chi connectivity index (χ1v) is 12.1. The van der Waals surface area contributed by atoms with Gasteiger partial charge in [-0.2, -0.15) is 0 Å². The molecule has 0 spiro atoms. The summed E-state index contributed by atoms with van der Waals surface area (Å²) in [7, 11) is 13.4. The molecule has 1 nitrogen and oxygen atoms in total. The van der Waals surface area contributed by atoms with Crippen LogP contribution < -0.4 is 4.90 Å². The quantitative estimate of drug-likeness (QED) is 0.356. The van der Waals surface area contributed by atoms with Gasteiger partial charge >= 0.3 is 33.0 Å². The molecule has 0 unspecified atom stereocenters. The average Bonchev–Trinajstić information content (AvgIpc) is 2.42. The molecule has 0 aliphatic rings. The summed E-state index contributed by atoms with van der Waals surface area (Å²) in [6.45, 7) is 14.2. The monoisotopic (exact) mass is 433 g/mol. The molecule has 0 fully saturated rings. The van der Waals surface area contributed by atoms with Crippen LogP contribution in [0.5, 0.6) is 0 Å². The second-order valence-corrected chi connectivity index (χ2v) is 13.3. The third-order valence-corrected chi connectivity index (χ3v) is 6.91. The van der Waals surface area contributed by atoms with E-state index in [1.165, 1.54) is 11.3 Å². The molecule has 0 aliphatic carbocycles. The molecule has 0 saturated carbocycles. The predicted molar refractivity (Wildman–Crippen MR) is 112 cm³/mol. The number of halogens is 2. The summed E-state index contributed by atoms with van der Waals surface area (Å²) < 4.78 is 0. The standard InChI is InChI=1S/C19H32NP.2ClH.Ni/c1-18(2,3)21(19(4,5)6)15-9-10-16-11-13-17(14-12-16)20(7)8;;;/h9,11-15H,10H2,1-8H3;2*1H;/q;;;+2/p-2. The van der Waals surface area contributed by atoms with Crippen LogP contribution in [0.3, 0.4) is 0 Å². The fourth-order valence-electron chi connectivity index (χ4n) is 2.68. The van der Waals surface area contributed by atoms with E-state index in [1.807, 2.05) is 0 Å². The summed E-state index contributed by atoms with van der Waals surface area (Å²) in [5.74, 6) is 2.48. The number of hydrogen-bond acceptors (Lipinski definition) is 1. The van der Waals surface area contributed by atoms with Crippen LogP contribution in [0.1, 0.15) is 47.1 Å². The molecule has 24 heavy (non-hydrogen) atoms.